The van der Waals surface area contributed by atoms with Crippen LogP contribution in [-0.2, 0) is 9.47 Å². The number of hydrogen-bond acceptors (Lipinski definition) is 7. The standard InChI is InChI=1S/C11H20N2O6S/c14-5-6-7(15)8(16)9(17)10(19-6)12-11(20)13-1-3-18-4-2-13/h6-10,14-17H,1-5H2,(H,12,20)/t6-,7-,8+,9-,10-/m1/s1. The van der Waals surface area contributed by atoms with Crippen molar-refractivity contribution >= 4 is 17.3 Å². The third kappa shape index (κ3) is 3.37. The molecule has 2 rings (SSSR count). The summed E-state index contributed by atoms with van der Waals surface area (Å²) < 4.78 is 10.5. The molecule has 0 unspecified atom stereocenters. The lowest BCUT2D eigenvalue weighted by Gasteiger charge is -2.41. The number of morpholine rings is 1. The molecule has 0 spiro atoms. The van der Waals surface area contributed by atoms with Crippen molar-refractivity contribution < 1.29 is 29.9 Å². The van der Waals surface area contributed by atoms with Crippen LogP contribution in [0.25, 0.3) is 0 Å². The predicted molar refractivity (Wildman–Crippen MR) is 71.9 cm³/mol. The van der Waals surface area contributed by atoms with Crippen molar-refractivity contribution in [3.05, 3.63) is 0 Å². The molecule has 2 saturated heterocycles. The van der Waals surface area contributed by atoms with Crippen molar-refractivity contribution in [3.63, 3.8) is 0 Å². The zero-order valence-electron chi connectivity index (χ0n) is 10.9. The normalized spacial score (nSPS) is 38.6. The average molecular weight is 308 g/mol. The summed E-state index contributed by atoms with van der Waals surface area (Å²) in [6.45, 7) is 1.92. The van der Waals surface area contributed by atoms with Crippen LogP contribution in [0.15, 0.2) is 0 Å². The van der Waals surface area contributed by atoms with Crippen LogP contribution in [0.3, 0.4) is 0 Å². The first kappa shape index (κ1) is 15.8. The molecule has 0 aromatic rings. The third-order valence-electron chi connectivity index (χ3n) is 3.46. The molecule has 9 heteroatoms. The van der Waals surface area contributed by atoms with E-state index in [0.717, 1.165) is 0 Å². The smallest absolute Gasteiger partial charge is 0.171 e. The first-order valence-corrected chi connectivity index (χ1v) is 6.89. The number of aliphatic hydroxyl groups excluding tert-OH is 4. The van der Waals surface area contributed by atoms with Crippen LogP contribution in [0, 0.1) is 0 Å². The quantitative estimate of drug-likeness (QED) is 0.340. The minimum atomic E-state index is -1.41. The van der Waals surface area contributed by atoms with Gasteiger partial charge in [-0.3, -0.25) is 0 Å². The fourth-order valence-electron chi connectivity index (χ4n) is 2.20. The Morgan fingerprint density at radius 2 is 1.80 bits per heavy atom. The lowest BCUT2D eigenvalue weighted by Crippen LogP contribution is -2.64. The minimum absolute atomic E-state index is 0.373. The van der Waals surface area contributed by atoms with Crippen LogP contribution in [0.5, 0.6) is 0 Å². The Morgan fingerprint density at radius 1 is 1.15 bits per heavy atom. The van der Waals surface area contributed by atoms with Gasteiger partial charge < -0.3 is 40.1 Å². The van der Waals surface area contributed by atoms with E-state index in [9.17, 15) is 15.3 Å². The summed E-state index contributed by atoms with van der Waals surface area (Å²) in [6, 6.07) is 0. The maximum absolute atomic E-state index is 9.89. The number of nitrogens with zero attached hydrogens (tertiary/aromatic N) is 1. The summed E-state index contributed by atoms with van der Waals surface area (Å²) in [6.07, 6.45) is -6.05. The monoisotopic (exact) mass is 308 g/mol. The van der Waals surface area contributed by atoms with Gasteiger partial charge in [-0.2, -0.15) is 0 Å². The van der Waals surface area contributed by atoms with Crippen LogP contribution < -0.4 is 5.32 Å². The number of hydrogen-bond donors (Lipinski definition) is 5. The summed E-state index contributed by atoms with van der Waals surface area (Å²) >= 11 is 5.21. The Morgan fingerprint density at radius 3 is 2.40 bits per heavy atom. The highest BCUT2D eigenvalue weighted by molar-refractivity contribution is 7.80. The van der Waals surface area contributed by atoms with Gasteiger partial charge in [0.2, 0.25) is 0 Å². The van der Waals surface area contributed by atoms with E-state index in [1.54, 1.807) is 0 Å². The van der Waals surface area contributed by atoms with Gasteiger partial charge in [0.05, 0.1) is 19.8 Å². The maximum Gasteiger partial charge on any atom is 0.171 e. The number of thiocarbonyl (C=S) groups is 1. The van der Waals surface area contributed by atoms with Gasteiger partial charge in [0, 0.05) is 13.1 Å². The molecule has 116 valence electrons. The number of ether oxygens (including phenoxy) is 2. The molecule has 5 N–H and O–H groups in total. The van der Waals surface area contributed by atoms with E-state index < -0.39 is 37.3 Å². The van der Waals surface area contributed by atoms with E-state index in [4.69, 9.17) is 26.8 Å². The van der Waals surface area contributed by atoms with Crippen molar-refractivity contribution in [3.8, 4) is 0 Å². The molecule has 0 aromatic heterocycles. The van der Waals surface area contributed by atoms with E-state index in [1.165, 1.54) is 0 Å². The van der Waals surface area contributed by atoms with Gasteiger partial charge in [0.1, 0.15) is 24.4 Å². The van der Waals surface area contributed by atoms with E-state index in [-0.39, 0.29) is 0 Å². The molecule has 20 heavy (non-hydrogen) atoms. The zero-order chi connectivity index (χ0) is 14.7. The number of aliphatic hydroxyl groups is 4. The first-order valence-electron chi connectivity index (χ1n) is 6.48. The Balaban J connectivity index is 1.94. The molecular formula is C11H20N2O6S. The molecule has 0 aromatic carbocycles. The second kappa shape index (κ2) is 6.94. The van der Waals surface area contributed by atoms with Crippen LogP contribution >= 0.6 is 12.2 Å². The maximum atomic E-state index is 9.89. The molecule has 2 heterocycles. The molecule has 2 aliphatic rings. The van der Waals surface area contributed by atoms with Crippen molar-refractivity contribution in [1.29, 1.82) is 0 Å². The van der Waals surface area contributed by atoms with Crippen molar-refractivity contribution in [2.45, 2.75) is 30.6 Å². The van der Waals surface area contributed by atoms with Crippen LogP contribution in [-0.4, -0.2) is 94.0 Å². The predicted octanol–water partition coefficient (Wildman–Crippen LogP) is -3.01. The second-order valence-corrected chi connectivity index (χ2v) is 5.19. The molecule has 0 amide bonds. The zero-order valence-corrected chi connectivity index (χ0v) is 11.7. The Bertz CT molecular complexity index is 339. The molecule has 2 fully saturated rings. The van der Waals surface area contributed by atoms with Crippen LogP contribution in [0.1, 0.15) is 0 Å². The van der Waals surface area contributed by atoms with Crippen molar-refractivity contribution in [2.75, 3.05) is 32.9 Å². The van der Waals surface area contributed by atoms with Crippen LogP contribution in [0.2, 0.25) is 0 Å². The summed E-state index contributed by atoms with van der Waals surface area (Å²) in [5, 5.41) is 41.5. The molecule has 8 nitrogen and oxygen atoms in total. The SMILES string of the molecule is OC[C@H]1O[C@@H](NC(=S)N2CCOCC2)[C@H](O)[C@@H](O)[C@@H]1O. The van der Waals surface area contributed by atoms with E-state index in [2.05, 4.69) is 5.32 Å². The lowest BCUT2D eigenvalue weighted by atomic mass is 9.98. The highest BCUT2D eigenvalue weighted by atomic mass is 32.1. The summed E-state index contributed by atoms with van der Waals surface area (Å²) in [5.74, 6) is 0. The molecular weight excluding hydrogens is 288 g/mol. The molecule has 0 radical (unpaired) electrons. The van der Waals surface area contributed by atoms with Crippen LogP contribution in [0.4, 0.5) is 0 Å². The van der Waals surface area contributed by atoms with Gasteiger partial charge in [0.15, 0.2) is 11.3 Å². The van der Waals surface area contributed by atoms with Gasteiger partial charge >= 0.3 is 0 Å². The average Bonchev–Trinajstić information content (AvgIpc) is 2.48. The third-order valence-corrected chi connectivity index (χ3v) is 3.83. The highest BCUT2D eigenvalue weighted by Gasteiger charge is 2.43. The fourth-order valence-corrected chi connectivity index (χ4v) is 2.50. The fraction of sp³-hybridized carbons (Fsp3) is 0.909. The van der Waals surface area contributed by atoms with Gasteiger partial charge in [-0.1, -0.05) is 0 Å². The number of rotatable bonds is 2. The van der Waals surface area contributed by atoms with Crippen molar-refractivity contribution in [2.24, 2.45) is 0 Å². The molecule has 0 saturated carbocycles. The second-order valence-electron chi connectivity index (χ2n) is 4.80. The highest BCUT2D eigenvalue weighted by Crippen LogP contribution is 2.20. The summed E-state index contributed by atoms with van der Waals surface area (Å²) in [7, 11) is 0. The summed E-state index contributed by atoms with van der Waals surface area (Å²) in [5.41, 5.74) is 0. The largest absolute Gasteiger partial charge is 0.394 e. The molecule has 2 aliphatic heterocycles. The first-order chi connectivity index (χ1) is 9.54. The van der Waals surface area contributed by atoms with Gasteiger partial charge in [0.25, 0.3) is 0 Å². The van der Waals surface area contributed by atoms with Gasteiger partial charge in [-0.15, -0.1) is 0 Å². The van der Waals surface area contributed by atoms with Gasteiger partial charge in [-0.25, -0.2) is 0 Å². The van der Waals surface area contributed by atoms with E-state index in [1.807, 2.05) is 4.90 Å². The van der Waals surface area contributed by atoms with Gasteiger partial charge in [-0.05, 0) is 12.2 Å². The van der Waals surface area contributed by atoms with Crippen molar-refractivity contribution in [1.82, 2.24) is 10.2 Å². The molecule has 5 atom stereocenters. The summed E-state index contributed by atoms with van der Waals surface area (Å²) in [4.78, 5) is 1.86. The number of nitrogens with one attached hydrogen (secondary N) is 1. The molecule has 0 aliphatic carbocycles. The van der Waals surface area contributed by atoms with E-state index in [0.29, 0.717) is 31.4 Å². The Kier molecular flexibility index (Phi) is 5.49. The minimum Gasteiger partial charge on any atom is -0.394 e. The Labute approximate surface area is 121 Å². The topological polar surface area (TPSA) is 115 Å². The lowest BCUT2D eigenvalue weighted by molar-refractivity contribution is -0.232. The van der Waals surface area contributed by atoms with E-state index >= 15 is 0 Å². The Hall–Kier alpha value is -0.550. The molecule has 0 bridgehead atoms.